The number of rotatable bonds is 4. The van der Waals surface area contributed by atoms with Crippen molar-refractivity contribution in [1.29, 1.82) is 0 Å². The Morgan fingerprint density at radius 1 is 1.19 bits per heavy atom. The lowest BCUT2D eigenvalue weighted by Crippen LogP contribution is -2.12. The number of fused-ring (bicyclic) bond motifs is 1. The maximum absolute atomic E-state index is 12.4. The summed E-state index contributed by atoms with van der Waals surface area (Å²) in [5.74, 6) is 0.464. The van der Waals surface area contributed by atoms with Crippen LogP contribution in [-0.2, 0) is 0 Å². The van der Waals surface area contributed by atoms with Gasteiger partial charge in [-0.3, -0.25) is 10.1 Å². The lowest BCUT2D eigenvalue weighted by molar-refractivity contribution is 0.102. The van der Waals surface area contributed by atoms with Crippen molar-refractivity contribution in [2.24, 2.45) is 0 Å². The minimum absolute atomic E-state index is 0.201. The van der Waals surface area contributed by atoms with E-state index in [4.69, 9.17) is 16.3 Å². The van der Waals surface area contributed by atoms with E-state index in [2.05, 4.69) is 15.4 Å². The van der Waals surface area contributed by atoms with E-state index >= 15 is 0 Å². The molecule has 3 heterocycles. The molecule has 0 aliphatic rings. The molecule has 26 heavy (non-hydrogen) atoms. The van der Waals surface area contributed by atoms with Gasteiger partial charge in [-0.2, -0.15) is 4.98 Å². The van der Waals surface area contributed by atoms with Gasteiger partial charge >= 0.3 is 0 Å². The summed E-state index contributed by atoms with van der Waals surface area (Å²) in [4.78, 5) is 17.8. The first-order valence-corrected chi connectivity index (χ1v) is 8.96. The van der Waals surface area contributed by atoms with E-state index in [-0.39, 0.29) is 11.9 Å². The summed E-state index contributed by atoms with van der Waals surface area (Å²) in [5.41, 5.74) is 1.87. The summed E-state index contributed by atoms with van der Waals surface area (Å²) in [7, 11) is 1.57. The zero-order chi connectivity index (χ0) is 18.1. The van der Waals surface area contributed by atoms with Gasteiger partial charge < -0.3 is 4.74 Å². The average Bonchev–Trinajstić information content (AvgIpc) is 3.31. The van der Waals surface area contributed by atoms with E-state index in [0.29, 0.717) is 22.0 Å². The van der Waals surface area contributed by atoms with Crippen LogP contribution in [0.2, 0.25) is 5.02 Å². The Morgan fingerprint density at radius 3 is 2.69 bits per heavy atom. The zero-order valence-corrected chi connectivity index (χ0v) is 15.2. The molecule has 0 saturated heterocycles. The van der Waals surface area contributed by atoms with Crippen LogP contribution in [-0.4, -0.2) is 27.6 Å². The number of nitrogens with zero attached hydrogens (tertiary/aromatic N) is 3. The SMILES string of the molecule is COc1ccc(-c2cccs2)n2nc(NC(=O)c3ccc(Cl)cc3)nc12. The van der Waals surface area contributed by atoms with E-state index in [9.17, 15) is 4.79 Å². The van der Waals surface area contributed by atoms with Gasteiger partial charge in [-0.05, 0) is 47.8 Å². The first-order valence-electron chi connectivity index (χ1n) is 7.70. The Kier molecular flexibility index (Phi) is 4.32. The summed E-state index contributed by atoms with van der Waals surface area (Å²) >= 11 is 7.45. The van der Waals surface area contributed by atoms with E-state index in [1.54, 1.807) is 47.2 Å². The molecule has 4 rings (SSSR count). The fourth-order valence-electron chi connectivity index (χ4n) is 2.54. The minimum Gasteiger partial charge on any atom is -0.493 e. The van der Waals surface area contributed by atoms with Crippen molar-refractivity contribution < 1.29 is 9.53 Å². The van der Waals surface area contributed by atoms with Crippen LogP contribution >= 0.6 is 22.9 Å². The van der Waals surface area contributed by atoms with Gasteiger partial charge in [0.15, 0.2) is 11.4 Å². The van der Waals surface area contributed by atoms with Crippen molar-refractivity contribution in [3.05, 3.63) is 64.5 Å². The number of amides is 1. The molecule has 0 aliphatic heterocycles. The number of carbonyl (C=O) groups is 1. The normalized spacial score (nSPS) is 10.8. The highest BCUT2D eigenvalue weighted by Gasteiger charge is 2.16. The average molecular weight is 385 g/mol. The summed E-state index contributed by atoms with van der Waals surface area (Å²) in [5, 5.41) is 9.71. The molecule has 1 N–H and O–H groups in total. The molecular formula is C18H13ClN4O2S. The van der Waals surface area contributed by atoms with Gasteiger partial charge in [-0.1, -0.05) is 17.7 Å². The van der Waals surface area contributed by atoms with Crippen molar-refractivity contribution in [1.82, 2.24) is 14.6 Å². The molecule has 0 saturated carbocycles. The van der Waals surface area contributed by atoms with Crippen LogP contribution in [0.3, 0.4) is 0 Å². The molecule has 6 nitrogen and oxygen atoms in total. The number of hydrogen-bond donors (Lipinski definition) is 1. The number of hydrogen-bond acceptors (Lipinski definition) is 5. The van der Waals surface area contributed by atoms with Crippen molar-refractivity contribution in [3.8, 4) is 16.3 Å². The lowest BCUT2D eigenvalue weighted by Gasteiger charge is -2.05. The number of methoxy groups -OCH3 is 1. The Balaban J connectivity index is 1.73. The molecule has 130 valence electrons. The maximum atomic E-state index is 12.4. The Morgan fingerprint density at radius 2 is 2.00 bits per heavy atom. The molecule has 1 amide bonds. The van der Waals surface area contributed by atoms with Crippen molar-refractivity contribution >= 4 is 40.4 Å². The van der Waals surface area contributed by atoms with Crippen molar-refractivity contribution in [2.75, 3.05) is 12.4 Å². The quantitative estimate of drug-likeness (QED) is 0.567. The highest BCUT2D eigenvalue weighted by molar-refractivity contribution is 7.13. The predicted molar refractivity (Wildman–Crippen MR) is 102 cm³/mol. The smallest absolute Gasteiger partial charge is 0.258 e. The number of thiophene rings is 1. The van der Waals surface area contributed by atoms with Crippen LogP contribution in [0, 0.1) is 0 Å². The Bertz CT molecular complexity index is 1070. The van der Waals surface area contributed by atoms with E-state index in [1.165, 1.54) is 0 Å². The zero-order valence-electron chi connectivity index (χ0n) is 13.6. The highest BCUT2D eigenvalue weighted by Crippen LogP contribution is 2.29. The first kappa shape index (κ1) is 16.6. The van der Waals surface area contributed by atoms with Crippen molar-refractivity contribution in [2.45, 2.75) is 0 Å². The molecule has 0 aliphatic carbocycles. The Hall–Kier alpha value is -2.90. The van der Waals surface area contributed by atoms with Gasteiger partial charge in [-0.25, -0.2) is 4.52 Å². The third-order valence-corrected chi connectivity index (χ3v) is 4.92. The van der Waals surface area contributed by atoms with Gasteiger partial charge in [-0.15, -0.1) is 16.4 Å². The molecule has 0 unspecified atom stereocenters. The van der Waals surface area contributed by atoms with Crippen LogP contribution in [0.1, 0.15) is 10.4 Å². The third kappa shape index (κ3) is 3.02. The Labute approximate surface area is 158 Å². The molecular weight excluding hydrogens is 372 g/mol. The lowest BCUT2D eigenvalue weighted by atomic mass is 10.2. The molecule has 0 spiro atoms. The molecule has 8 heteroatoms. The highest BCUT2D eigenvalue weighted by atomic mass is 35.5. The first-order chi connectivity index (χ1) is 12.7. The summed E-state index contributed by atoms with van der Waals surface area (Å²) in [6, 6.07) is 14.3. The minimum atomic E-state index is -0.311. The summed E-state index contributed by atoms with van der Waals surface area (Å²) in [6.45, 7) is 0. The van der Waals surface area contributed by atoms with E-state index < -0.39 is 0 Å². The van der Waals surface area contributed by atoms with Crippen LogP contribution in [0.5, 0.6) is 5.75 Å². The third-order valence-electron chi connectivity index (χ3n) is 3.77. The monoisotopic (exact) mass is 384 g/mol. The largest absolute Gasteiger partial charge is 0.493 e. The molecule has 0 bridgehead atoms. The number of carbonyl (C=O) groups excluding carboxylic acids is 1. The second-order valence-corrected chi connectivity index (χ2v) is 6.78. The molecule has 4 aromatic rings. The molecule has 1 aromatic carbocycles. The predicted octanol–water partition coefficient (Wildman–Crippen LogP) is 4.37. The standard InChI is InChI=1S/C18H13ClN4O2S/c1-25-14-9-8-13(15-3-2-10-26-15)23-16(14)20-18(22-23)21-17(24)11-4-6-12(19)7-5-11/h2-10H,1H3,(H,21,22,24). The maximum Gasteiger partial charge on any atom is 0.258 e. The number of aromatic nitrogens is 3. The second kappa shape index (κ2) is 6.78. The number of nitrogens with one attached hydrogen (secondary N) is 1. The molecule has 0 atom stereocenters. The topological polar surface area (TPSA) is 68.5 Å². The van der Waals surface area contributed by atoms with Crippen LogP contribution < -0.4 is 10.1 Å². The number of benzene rings is 1. The van der Waals surface area contributed by atoms with Crippen LogP contribution in [0.15, 0.2) is 53.9 Å². The molecule has 3 aromatic heterocycles. The van der Waals surface area contributed by atoms with Gasteiger partial charge in [0.25, 0.3) is 5.91 Å². The fraction of sp³-hybridized carbons (Fsp3) is 0.0556. The molecule has 0 radical (unpaired) electrons. The summed E-state index contributed by atoms with van der Waals surface area (Å²) < 4.78 is 7.04. The second-order valence-electron chi connectivity index (χ2n) is 5.40. The van der Waals surface area contributed by atoms with Crippen molar-refractivity contribution in [3.63, 3.8) is 0 Å². The van der Waals surface area contributed by atoms with Crippen LogP contribution in [0.25, 0.3) is 16.2 Å². The van der Waals surface area contributed by atoms with E-state index in [1.807, 2.05) is 29.6 Å². The van der Waals surface area contributed by atoms with Gasteiger partial charge in [0, 0.05) is 10.6 Å². The number of anilines is 1. The van der Waals surface area contributed by atoms with Crippen LogP contribution in [0.4, 0.5) is 5.95 Å². The molecule has 0 fully saturated rings. The number of halogens is 1. The fourth-order valence-corrected chi connectivity index (χ4v) is 3.40. The number of ether oxygens (including phenoxy) is 1. The van der Waals surface area contributed by atoms with Gasteiger partial charge in [0.2, 0.25) is 5.95 Å². The summed E-state index contributed by atoms with van der Waals surface area (Å²) in [6.07, 6.45) is 0. The van der Waals surface area contributed by atoms with E-state index in [0.717, 1.165) is 10.6 Å². The number of pyridine rings is 1. The van der Waals surface area contributed by atoms with Gasteiger partial charge in [0.05, 0.1) is 17.7 Å². The van der Waals surface area contributed by atoms with Gasteiger partial charge in [0.1, 0.15) is 0 Å².